The zero-order chi connectivity index (χ0) is 12.7. The number of nitrogens with zero attached hydrogens (tertiary/aromatic N) is 4. The van der Waals surface area contributed by atoms with Gasteiger partial charge in [-0.1, -0.05) is 17.7 Å². The SMILES string of the molecule is CCN=C(NC#N)N(C)Cc1ccc(Cl)nc1. The molecule has 1 rings (SSSR count). The van der Waals surface area contributed by atoms with E-state index in [2.05, 4.69) is 15.3 Å². The number of guanidine groups is 1. The zero-order valence-corrected chi connectivity index (χ0v) is 10.6. The normalized spacial score (nSPS) is 10.8. The minimum absolute atomic E-state index is 0.467. The average molecular weight is 252 g/mol. The van der Waals surface area contributed by atoms with Gasteiger partial charge < -0.3 is 4.90 Å². The third-order valence-electron chi connectivity index (χ3n) is 2.05. The minimum Gasteiger partial charge on any atom is -0.341 e. The van der Waals surface area contributed by atoms with Crippen molar-refractivity contribution in [2.45, 2.75) is 13.5 Å². The summed E-state index contributed by atoms with van der Waals surface area (Å²) >= 11 is 5.71. The third kappa shape index (κ3) is 4.29. The van der Waals surface area contributed by atoms with E-state index in [0.29, 0.717) is 24.2 Å². The van der Waals surface area contributed by atoms with Crippen LogP contribution in [0.1, 0.15) is 12.5 Å². The summed E-state index contributed by atoms with van der Waals surface area (Å²) in [6, 6.07) is 3.63. The van der Waals surface area contributed by atoms with Crippen molar-refractivity contribution in [3.63, 3.8) is 0 Å². The van der Waals surface area contributed by atoms with Crippen molar-refractivity contribution in [1.82, 2.24) is 15.2 Å². The second-order valence-corrected chi connectivity index (χ2v) is 3.77. The highest BCUT2D eigenvalue weighted by atomic mass is 35.5. The van der Waals surface area contributed by atoms with Crippen LogP contribution in [0.5, 0.6) is 0 Å². The lowest BCUT2D eigenvalue weighted by Crippen LogP contribution is -2.36. The molecule has 90 valence electrons. The van der Waals surface area contributed by atoms with Crippen LogP contribution in [-0.4, -0.2) is 29.4 Å². The molecule has 6 heteroatoms. The van der Waals surface area contributed by atoms with Crippen LogP contribution in [0.25, 0.3) is 0 Å². The van der Waals surface area contributed by atoms with Crippen LogP contribution in [0.15, 0.2) is 23.3 Å². The molecular weight excluding hydrogens is 238 g/mol. The van der Waals surface area contributed by atoms with E-state index < -0.39 is 0 Å². The van der Waals surface area contributed by atoms with Crippen molar-refractivity contribution in [1.29, 1.82) is 5.26 Å². The van der Waals surface area contributed by atoms with Crippen molar-refractivity contribution in [2.75, 3.05) is 13.6 Å². The van der Waals surface area contributed by atoms with Crippen molar-refractivity contribution < 1.29 is 0 Å². The van der Waals surface area contributed by atoms with Crippen molar-refractivity contribution in [3.8, 4) is 6.19 Å². The van der Waals surface area contributed by atoms with Crippen LogP contribution in [0.3, 0.4) is 0 Å². The number of nitrogens with one attached hydrogen (secondary N) is 1. The highest BCUT2D eigenvalue weighted by molar-refractivity contribution is 6.29. The van der Waals surface area contributed by atoms with Gasteiger partial charge in [-0.05, 0) is 18.6 Å². The van der Waals surface area contributed by atoms with E-state index >= 15 is 0 Å². The van der Waals surface area contributed by atoms with Crippen molar-refractivity contribution in [3.05, 3.63) is 29.0 Å². The molecule has 1 aromatic rings. The number of hydrogen-bond acceptors (Lipinski definition) is 3. The molecule has 0 fully saturated rings. The Hall–Kier alpha value is -1.80. The van der Waals surface area contributed by atoms with Gasteiger partial charge in [0.2, 0.25) is 5.96 Å². The molecule has 1 N–H and O–H groups in total. The second kappa shape index (κ2) is 6.71. The molecule has 0 spiro atoms. The molecule has 0 aromatic carbocycles. The Labute approximate surface area is 106 Å². The van der Waals surface area contributed by atoms with Crippen LogP contribution in [0, 0.1) is 11.5 Å². The van der Waals surface area contributed by atoms with E-state index in [0.717, 1.165) is 5.56 Å². The Balaban J connectivity index is 2.70. The summed E-state index contributed by atoms with van der Waals surface area (Å²) in [4.78, 5) is 10.0. The van der Waals surface area contributed by atoms with E-state index in [4.69, 9.17) is 16.9 Å². The number of halogens is 1. The molecule has 0 saturated heterocycles. The van der Waals surface area contributed by atoms with Gasteiger partial charge in [0.25, 0.3) is 0 Å². The first-order chi connectivity index (χ1) is 8.17. The molecule has 0 bridgehead atoms. The molecule has 0 atom stereocenters. The fourth-order valence-electron chi connectivity index (χ4n) is 1.30. The van der Waals surface area contributed by atoms with Gasteiger partial charge >= 0.3 is 0 Å². The van der Waals surface area contributed by atoms with Crippen molar-refractivity contribution in [2.24, 2.45) is 4.99 Å². The van der Waals surface area contributed by atoms with Crippen LogP contribution >= 0.6 is 11.6 Å². The molecule has 0 saturated carbocycles. The lowest BCUT2D eigenvalue weighted by atomic mass is 10.3. The fraction of sp³-hybridized carbons (Fsp3) is 0.364. The van der Waals surface area contributed by atoms with Gasteiger partial charge in [0.1, 0.15) is 5.15 Å². The summed E-state index contributed by atoms with van der Waals surface area (Å²) in [5, 5.41) is 11.6. The number of rotatable bonds is 3. The Morgan fingerprint density at radius 2 is 2.41 bits per heavy atom. The molecule has 1 aromatic heterocycles. The maximum absolute atomic E-state index is 8.62. The van der Waals surface area contributed by atoms with E-state index in [1.165, 1.54) is 0 Å². The predicted octanol–water partition coefficient (Wildman–Crippen LogP) is 1.61. The Kier molecular flexibility index (Phi) is 5.24. The first-order valence-electron chi connectivity index (χ1n) is 5.18. The van der Waals surface area contributed by atoms with E-state index in [1.54, 1.807) is 12.3 Å². The van der Waals surface area contributed by atoms with E-state index in [-0.39, 0.29) is 0 Å². The quantitative estimate of drug-likeness (QED) is 0.291. The molecule has 0 aliphatic carbocycles. The van der Waals surface area contributed by atoms with Gasteiger partial charge in [-0.2, -0.15) is 5.26 Å². The maximum Gasteiger partial charge on any atom is 0.207 e. The summed E-state index contributed by atoms with van der Waals surface area (Å²) < 4.78 is 0. The average Bonchev–Trinajstić information content (AvgIpc) is 2.32. The zero-order valence-electron chi connectivity index (χ0n) is 9.81. The molecule has 5 nitrogen and oxygen atoms in total. The standard InChI is InChI=1S/C11H14ClN5/c1-3-14-11(16-8-13)17(2)7-9-4-5-10(12)15-6-9/h4-6H,3,7H2,1-2H3,(H,14,16). The lowest BCUT2D eigenvalue weighted by Gasteiger charge is -2.19. The van der Waals surface area contributed by atoms with Gasteiger partial charge in [-0.15, -0.1) is 0 Å². The topological polar surface area (TPSA) is 64.3 Å². The maximum atomic E-state index is 8.62. The predicted molar refractivity (Wildman–Crippen MR) is 67.4 cm³/mol. The smallest absolute Gasteiger partial charge is 0.207 e. The molecule has 0 amide bonds. The molecule has 0 unspecified atom stereocenters. The number of nitriles is 1. The van der Waals surface area contributed by atoms with Crippen LogP contribution in [0.4, 0.5) is 0 Å². The Bertz CT molecular complexity index is 420. The van der Waals surface area contributed by atoms with Gasteiger partial charge in [0, 0.05) is 26.3 Å². The fourth-order valence-corrected chi connectivity index (χ4v) is 1.42. The van der Waals surface area contributed by atoms with Crippen molar-refractivity contribution >= 4 is 17.6 Å². The van der Waals surface area contributed by atoms with Gasteiger partial charge in [-0.3, -0.25) is 10.3 Å². The van der Waals surface area contributed by atoms with Gasteiger partial charge in [0.15, 0.2) is 6.19 Å². The first-order valence-corrected chi connectivity index (χ1v) is 5.56. The van der Waals surface area contributed by atoms with Gasteiger partial charge in [-0.25, -0.2) is 4.98 Å². The van der Waals surface area contributed by atoms with E-state index in [9.17, 15) is 0 Å². The van der Waals surface area contributed by atoms with E-state index in [1.807, 2.05) is 31.1 Å². The van der Waals surface area contributed by atoms with Crippen LogP contribution in [0.2, 0.25) is 5.15 Å². The van der Waals surface area contributed by atoms with Gasteiger partial charge in [0.05, 0.1) is 0 Å². The molecule has 0 radical (unpaired) electrons. The molecule has 1 heterocycles. The largest absolute Gasteiger partial charge is 0.341 e. The third-order valence-corrected chi connectivity index (χ3v) is 2.27. The number of pyridine rings is 1. The summed E-state index contributed by atoms with van der Waals surface area (Å²) in [6.45, 7) is 3.14. The lowest BCUT2D eigenvalue weighted by molar-refractivity contribution is 0.484. The summed E-state index contributed by atoms with van der Waals surface area (Å²) in [5.41, 5.74) is 1.00. The Morgan fingerprint density at radius 3 is 2.94 bits per heavy atom. The summed E-state index contributed by atoms with van der Waals surface area (Å²) in [6.07, 6.45) is 3.57. The second-order valence-electron chi connectivity index (χ2n) is 3.38. The first kappa shape index (κ1) is 13.3. The number of hydrogen-bond donors (Lipinski definition) is 1. The van der Waals surface area contributed by atoms with Crippen LogP contribution in [-0.2, 0) is 6.54 Å². The number of aromatic nitrogens is 1. The minimum atomic E-state index is 0.467. The highest BCUT2D eigenvalue weighted by Crippen LogP contribution is 2.07. The monoisotopic (exact) mass is 251 g/mol. The number of aliphatic imine (C=N–C) groups is 1. The summed E-state index contributed by atoms with van der Waals surface area (Å²) in [5.74, 6) is 0.546. The molecular formula is C11H14ClN5. The molecule has 17 heavy (non-hydrogen) atoms. The molecule has 0 aliphatic rings. The molecule has 0 aliphatic heterocycles. The summed E-state index contributed by atoms with van der Waals surface area (Å²) in [7, 11) is 1.85. The van der Waals surface area contributed by atoms with Crippen LogP contribution < -0.4 is 5.32 Å². The Morgan fingerprint density at radius 1 is 1.65 bits per heavy atom. The highest BCUT2D eigenvalue weighted by Gasteiger charge is 2.06.